The number of carbonyl (C=O) groups is 1. The fourth-order valence-electron chi connectivity index (χ4n) is 4.42. The van der Waals surface area contributed by atoms with Crippen molar-refractivity contribution in [1.29, 1.82) is 0 Å². The molecule has 3 unspecified atom stereocenters. The molecule has 0 aromatic heterocycles. The Morgan fingerprint density at radius 3 is 2.23 bits per heavy atom. The van der Waals surface area contributed by atoms with E-state index in [0.717, 1.165) is 44.8 Å². The van der Waals surface area contributed by atoms with E-state index in [1.165, 1.54) is 12.8 Å². The van der Waals surface area contributed by atoms with Gasteiger partial charge in [-0.1, -0.05) is 30.3 Å². The Labute approximate surface area is 158 Å². The number of rotatable bonds is 6. The first-order valence-electron chi connectivity index (χ1n) is 10.1. The van der Waals surface area contributed by atoms with Crippen LogP contribution >= 0.6 is 0 Å². The van der Waals surface area contributed by atoms with E-state index in [0.29, 0.717) is 18.6 Å². The van der Waals surface area contributed by atoms with E-state index >= 15 is 0 Å². The molecule has 5 nitrogen and oxygen atoms in total. The highest BCUT2D eigenvalue weighted by atomic mass is 16.2. The van der Waals surface area contributed by atoms with E-state index in [2.05, 4.69) is 23.6 Å². The predicted molar refractivity (Wildman–Crippen MR) is 106 cm³/mol. The third-order valence-electron chi connectivity index (χ3n) is 6.23. The number of nitrogens with two attached hydrogens (primary N) is 1. The van der Waals surface area contributed by atoms with Crippen molar-refractivity contribution in [3.8, 4) is 0 Å². The van der Waals surface area contributed by atoms with Crippen LogP contribution in [0.25, 0.3) is 0 Å². The molecule has 3 rings (SSSR count). The Morgan fingerprint density at radius 1 is 1.04 bits per heavy atom. The number of benzene rings is 1. The van der Waals surface area contributed by atoms with Gasteiger partial charge >= 0.3 is 0 Å². The molecule has 1 aromatic carbocycles. The molecule has 1 aromatic rings. The lowest BCUT2D eigenvalue weighted by atomic mass is 9.97. The zero-order chi connectivity index (χ0) is 18.5. The zero-order valence-electron chi connectivity index (χ0n) is 16.3. The van der Waals surface area contributed by atoms with E-state index in [-0.39, 0.29) is 11.8 Å². The van der Waals surface area contributed by atoms with Gasteiger partial charge in [-0.3, -0.25) is 14.6 Å². The largest absolute Gasteiger partial charge is 0.340 e. The minimum atomic E-state index is -0.214. The average Bonchev–Trinajstić information content (AvgIpc) is 2.99. The summed E-state index contributed by atoms with van der Waals surface area (Å²) in [7, 11) is 0. The number of nitrogens with zero attached hydrogens (tertiary/aromatic N) is 3. The molecule has 2 saturated heterocycles. The third-order valence-corrected chi connectivity index (χ3v) is 6.23. The number of amides is 1. The first kappa shape index (κ1) is 19.3. The highest BCUT2D eigenvalue weighted by molar-refractivity contribution is 5.84. The first-order valence-corrected chi connectivity index (χ1v) is 10.1. The Morgan fingerprint density at radius 2 is 1.65 bits per heavy atom. The van der Waals surface area contributed by atoms with Gasteiger partial charge in [0.25, 0.3) is 0 Å². The normalized spacial score (nSPS) is 26.2. The molecular weight excluding hydrogens is 324 g/mol. The molecule has 2 N–H and O–H groups in total. The summed E-state index contributed by atoms with van der Waals surface area (Å²) in [6.07, 6.45) is 2.65. The molecule has 0 radical (unpaired) electrons. The molecule has 2 aliphatic rings. The number of hydrogen-bond acceptors (Lipinski definition) is 4. The van der Waals surface area contributed by atoms with Crippen molar-refractivity contribution in [3.63, 3.8) is 0 Å². The molecule has 3 atom stereocenters. The van der Waals surface area contributed by atoms with Gasteiger partial charge in [0, 0.05) is 57.9 Å². The van der Waals surface area contributed by atoms with Crippen molar-refractivity contribution in [2.75, 3.05) is 45.8 Å². The van der Waals surface area contributed by atoms with E-state index in [1.54, 1.807) is 0 Å². The van der Waals surface area contributed by atoms with Crippen molar-refractivity contribution in [2.45, 2.75) is 44.7 Å². The number of carbonyl (C=O) groups excluding carboxylic acids is 1. The summed E-state index contributed by atoms with van der Waals surface area (Å²) in [5, 5.41) is 0. The highest BCUT2D eigenvalue weighted by Gasteiger charge is 2.30. The molecule has 1 amide bonds. The van der Waals surface area contributed by atoms with Gasteiger partial charge < -0.3 is 10.6 Å². The molecule has 0 bridgehead atoms. The minimum absolute atomic E-state index is 0.181. The van der Waals surface area contributed by atoms with Gasteiger partial charge in [0.15, 0.2) is 0 Å². The van der Waals surface area contributed by atoms with Crippen molar-refractivity contribution >= 4 is 5.91 Å². The molecule has 0 aliphatic carbocycles. The lowest BCUT2D eigenvalue weighted by Gasteiger charge is -2.37. The molecule has 2 aliphatic heterocycles. The van der Waals surface area contributed by atoms with Crippen molar-refractivity contribution in [3.05, 3.63) is 35.9 Å². The molecule has 144 valence electrons. The Bertz CT molecular complexity index is 561. The third kappa shape index (κ3) is 4.45. The summed E-state index contributed by atoms with van der Waals surface area (Å²) in [6, 6.07) is 11.4. The van der Waals surface area contributed by atoms with Crippen molar-refractivity contribution in [1.82, 2.24) is 14.7 Å². The van der Waals surface area contributed by atoms with Gasteiger partial charge in [-0.05, 0) is 32.3 Å². The minimum Gasteiger partial charge on any atom is -0.340 e. The topological polar surface area (TPSA) is 52.8 Å². The van der Waals surface area contributed by atoms with E-state index in [4.69, 9.17) is 5.73 Å². The second kappa shape index (κ2) is 8.98. The standard InChI is InChI=1S/C21H34N4O/c1-17-8-9-18(2)25(17)15-12-23-10-13-24(14-11-23)21(26)20(16-22)19-6-4-3-5-7-19/h3-7,17-18,20H,8-16,22H2,1-2H3. The van der Waals surface area contributed by atoms with Crippen LogP contribution in [0.15, 0.2) is 30.3 Å². The zero-order valence-corrected chi connectivity index (χ0v) is 16.3. The van der Waals surface area contributed by atoms with Crippen LogP contribution in [0.4, 0.5) is 0 Å². The highest BCUT2D eigenvalue weighted by Crippen LogP contribution is 2.23. The van der Waals surface area contributed by atoms with Crippen LogP contribution in [-0.4, -0.2) is 78.5 Å². The second-order valence-electron chi connectivity index (χ2n) is 7.88. The Balaban J connectivity index is 1.47. The molecule has 2 fully saturated rings. The Hall–Kier alpha value is -1.43. The van der Waals surface area contributed by atoms with Crippen LogP contribution in [0.2, 0.25) is 0 Å². The summed E-state index contributed by atoms with van der Waals surface area (Å²) in [5.41, 5.74) is 6.95. The quantitative estimate of drug-likeness (QED) is 0.842. The number of piperazine rings is 1. The van der Waals surface area contributed by atoms with Gasteiger partial charge in [-0.2, -0.15) is 0 Å². The van der Waals surface area contributed by atoms with Gasteiger partial charge in [0.05, 0.1) is 5.92 Å². The maximum atomic E-state index is 12.9. The van der Waals surface area contributed by atoms with Gasteiger partial charge in [-0.25, -0.2) is 0 Å². The van der Waals surface area contributed by atoms with E-state index in [1.807, 2.05) is 35.2 Å². The number of likely N-dealkylation sites (tertiary alicyclic amines) is 1. The van der Waals surface area contributed by atoms with Crippen LogP contribution in [0, 0.1) is 0 Å². The summed E-state index contributed by atoms with van der Waals surface area (Å²) in [4.78, 5) is 20.0. The van der Waals surface area contributed by atoms with E-state index in [9.17, 15) is 4.79 Å². The molecule has 0 saturated carbocycles. The summed E-state index contributed by atoms with van der Waals surface area (Å²) in [6.45, 7) is 10.9. The summed E-state index contributed by atoms with van der Waals surface area (Å²) < 4.78 is 0. The fraction of sp³-hybridized carbons (Fsp3) is 0.667. The predicted octanol–water partition coefficient (Wildman–Crippen LogP) is 1.75. The first-order chi connectivity index (χ1) is 12.6. The molecule has 0 spiro atoms. The van der Waals surface area contributed by atoms with Crippen LogP contribution in [0.1, 0.15) is 38.2 Å². The molecule has 5 heteroatoms. The second-order valence-corrected chi connectivity index (χ2v) is 7.88. The smallest absolute Gasteiger partial charge is 0.231 e. The van der Waals surface area contributed by atoms with Crippen LogP contribution in [-0.2, 0) is 4.79 Å². The van der Waals surface area contributed by atoms with Crippen molar-refractivity contribution < 1.29 is 4.79 Å². The SMILES string of the molecule is CC1CCC(C)N1CCN1CCN(C(=O)C(CN)c2ccccc2)CC1. The van der Waals surface area contributed by atoms with Crippen LogP contribution in [0.5, 0.6) is 0 Å². The molecule has 26 heavy (non-hydrogen) atoms. The summed E-state index contributed by atoms with van der Waals surface area (Å²) in [5.74, 6) is -0.0332. The molecule has 2 heterocycles. The van der Waals surface area contributed by atoms with Gasteiger partial charge in [0.2, 0.25) is 5.91 Å². The maximum absolute atomic E-state index is 12.9. The summed E-state index contributed by atoms with van der Waals surface area (Å²) >= 11 is 0. The molecular formula is C21H34N4O. The van der Waals surface area contributed by atoms with Crippen LogP contribution in [0.3, 0.4) is 0 Å². The lowest BCUT2D eigenvalue weighted by molar-refractivity contribution is -0.134. The van der Waals surface area contributed by atoms with Crippen molar-refractivity contribution in [2.24, 2.45) is 5.73 Å². The average molecular weight is 359 g/mol. The fourth-order valence-corrected chi connectivity index (χ4v) is 4.42. The lowest BCUT2D eigenvalue weighted by Crippen LogP contribution is -2.52. The Kier molecular flexibility index (Phi) is 6.68. The monoisotopic (exact) mass is 358 g/mol. The van der Waals surface area contributed by atoms with Gasteiger partial charge in [0.1, 0.15) is 0 Å². The van der Waals surface area contributed by atoms with Gasteiger partial charge in [-0.15, -0.1) is 0 Å². The van der Waals surface area contributed by atoms with E-state index < -0.39 is 0 Å². The van der Waals surface area contributed by atoms with Crippen LogP contribution < -0.4 is 5.73 Å². The maximum Gasteiger partial charge on any atom is 0.231 e. The number of hydrogen-bond donors (Lipinski definition) is 1.